The van der Waals surface area contributed by atoms with Crippen molar-refractivity contribution in [1.29, 1.82) is 0 Å². The van der Waals surface area contributed by atoms with Crippen LogP contribution in [0.15, 0.2) is 34.8 Å². The van der Waals surface area contributed by atoms with Gasteiger partial charge in [-0.15, -0.1) is 0 Å². The molecule has 0 heterocycles. The maximum absolute atomic E-state index is 11.6. The molecule has 1 rings (SSSR count). The van der Waals surface area contributed by atoms with Crippen molar-refractivity contribution < 1.29 is 19.1 Å². The monoisotopic (exact) mass is 355 g/mol. The van der Waals surface area contributed by atoms with E-state index in [-0.39, 0.29) is 5.91 Å². The van der Waals surface area contributed by atoms with Gasteiger partial charge in [-0.2, -0.15) is 0 Å². The summed E-state index contributed by atoms with van der Waals surface area (Å²) in [6.45, 7) is 2.31. The zero-order valence-corrected chi connectivity index (χ0v) is 13.6. The molecule has 0 aliphatic carbocycles. The van der Waals surface area contributed by atoms with Crippen molar-refractivity contribution >= 4 is 33.9 Å². The molecule has 0 saturated carbocycles. The summed E-state index contributed by atoms with van der Waals surface area (Å²) in [5.41, 5.74) is 0.853. The van der Waals surface area contributed by atoms with Gasteiger partial charge in [0.2, 0.25) is 0 Å². The van der Waals surface area contributed by atoms with Gasteiger partial charge in [-0.25, -0.2) is 4.79 Å². The van der Waals surface area contributed by atoms with E-state index in [2.05, 4.69) is 21.2 Å². The zero-order valence-electron chi connectivity index (χ0n) is 12.0. The first-order valence-electron chi connectivity index (χ1n) is 6.44. The van der Waals surface area contributed by atoms with Crippen molar-refractivity contribution in [3.8, 4) is 0 Å². The maximum atomic E-state index is 11.6. The largest absolute Gasteiger partial charge is 0.449 e. The van der Waals surface area contributed by atoms with Crippen LogP contribution < -0.4 is 5.32 Å². The summed E-state index contributed by atoms with van der Waals surface area (Å²) >= 11 is 3.38. The molecule has 0 unspecified atom stereocenters. The molecule has 0 radical (unpaired) electrons. The third-order valence-electron chi connectivity index (χ3n) is 2.57. The highest BCUT2D eigenvalue weighted by atomic mass is 79.9. The number of benzene rings is 1. The fraction of sp³-hybridized carbons (Fsp3) is 0.333. The number of hydrogen-bond donors (Lipinski definition) is 1. The molecule has 0 spiro atoms. The van der Waals surface area contributed by atoms with Gasteiger partial charge in [-0.3, -0.25) is 4.79 Å². The Morgan fingerprint density at radius 2 is 2.10 bits per heavy atom. The fourth-order valence-corrected chi connectivity index (χ4v) is 1.87. The molecule has 0 fully saturated rings. The van der Waals surface area contributed by atoms with Crippen LogP contribution in [-0.4, -0.2) is 38.2 Å². The number of methoxy groups -OCH3 is 1. The first-order valence-corrected chi connectivity index (χ1v) is 7.23. The van der Waals surface area contributed by atoms with Gasteiger partial charge in [0, 0.05) is 24.2 Å². The van der Waals surface area contributed by atoms with E-state index in [1.54, 1.807) is 13.2 Å². The standard InChI is InChI=1S/C15H18BrNO4/c1-11(15(19)17-9-10-20-2)21-14(18)8-7-12-5-3-4-6-13(12)16/h3-8,11H,9-10H2,1-2H3,(H,17,19)/b8-7+/t11-/m1/s1. The van der Waals surface area contributed by atoms with E-state index in [0.717, 1.165) is 10.0 Å². The predicted octanol–water partition coefficient (Wildman–Crippen LogP) is 2.16. The quantitative estimate of drug-likeness (QED) is 0.462. The topological polar surface area (TPSA) is 64.6 Å². The minimum atomic E-state index is -0.849. The smallest absolute Gasteiger partial charge is 0.331 e. The van der Waals surface area contributed by atoms with E-state index in [9.17, 15) is 9.59 Å². The van der Waals surface area contributed by atoms with Gasteiger partial charge in [0.05, 0.1) is 6.61 Å². The van der Waals surface area contributed by atoms with Crippen molar-refractivity contribution in [2.45, 2.75) is 13.0 Å². The highest BCUT2D eigenvalue weighted by Crippen LogP contribution is 2.17. The van der Waals surface area contributed by atoms with Crippen LogP contribution in [0.4, 0.5) is 0 Å². The number of carbonyl (C=O) groups is 2. The van der Waals surface area contributed by atoms with Crippen LogP contribution in [-0.2, 0) is 19.1 Å². The number of hydrogen-bond acceptors (Lipinski definition) is 4. The van der Waals surface area contributed by atoms with E-state index in [1.165, 1.54) is 13.0 Å². The van der Waals surface area contributed by atoms with Gasteiger partial charge in [-0.05, 0) is 24.6 Å². The summed E-state index contributed by atoms with van der Waals surface area (Å²) in [7, 11) is 1.54. The molecule has 1 amide bonds. The van der Waals surface area contributed by atoms with Crippen molar-refractivity contribution in [3.63, 3.8) is 0 Å². The lowest BCUT2D eigenvalue weighted by Gasteiger charge is -2.11. The second-order valence-corrected chi connectivity index (χ2v) is 5.07. The molecular formula is C15H18BrNO4. The summed E-state index contributed by atoms with van der Waals surface area (Å²) in [6.07, 6.45) is 2.07. The highest BCUT2D eigenvalue weighted by molar-refractivity contribution is 9.10. The molecule has 114 valence electrons. The van der Waals surface area contributed by atoms with Crippen LogP contribution >= 0.6 is 15.9 Å². The van der Waals surface area contributed by atoms with Crippen LogP contribution in [0.2, 0.25) is 0 Å². The van der Waals surface area contributed by atoms with E-state index >= 15 is 0 Å². The van der Waals surface area contributed by atoms with E-state index < -0.39 is 12.1 Å². The van der Waals surface area contributed by atoms with E-state index in [4.69, 9.17) is 9.47 Å². The Morgan fingerprint density at radius 1 is 1.38 bits per heavy atom. The van der Waals surface area contributed by atoms with Crippen LogP contribution in [0.25, 0.3) is 6.08 Å². The SMILES string of the molecule is COCCNC(=O)[C@@H](C)OC(=O)/C=C/c1ccccc1Br. The molecule has 0 aromatic heterocycles. The Hall–Kier alpha value is -1.66. The number of ether oxygens (including phenoxy) is 2. The molecule has 6 heteroatoms. The zero-order chi connectivity index (χ0) is 15.7. The van der Waals surface area contributed by atoms with Gasteiger partial charge in [0.1, 0.15) is 0 Å². The summed E-state index contributed by atoms with van der Waals surface area (Å²) in [6, 6.07) is 7.47. The van der Waals surface area contributed by atoms with Crippen molar-refractivity contribution in [1.82, 2.24) is 5.32 Å². The minimum absolute atomic E-state index is 0.352. The van der Waals surface area contributed by atoms with Crippen LogP contribution in [0.5, 0.6) is 0 Å². The first kappa shape index (κ1) is 17.4. The normalized spacial score (nSPS) is 12.1. The van der Waals surface area contributed by atoms with Crippen molar-refractivity contribution in [2.24, 2.45) is 0 Å². The van der Waals surface area contributed by atoms with Gasteiger partial charge in [0.15, 0.2) is 6.10 Å². The predicted molar refractivity (Wildman–Crippen MR) is 83.6 cm³/mol. The Kier molecular flexibility index (Phi) is 7.71. The highest BCUT2D eigenvalue weighted by Gasteiger charge is 2.15. The number of amides is 1. The Morgan fingerprint density at radius 3 is 2.76 bits per heavy atom. The molecule has 0 bridgehead atoms. The summed E-state index contributed by atoms with van der Waals surface area (Å²) in [5.74, 6) is -0.921. The fourth-order valence-electron chi connectivity index (χ4n) is 1.46. The molecule has 1 N–H and O–H groups in total. The molecule has 1 atom stereocenters. The number of rotatable bonds is 7. The summed E-state index contributed by atoms with van der Waals surface area (Å²) in [4.78, 5) is 23.2. The molecule has 1 aromatic carbocycles. The third-order valence-corrected chi connectivity index (χ3v) is 3.29. The average Bonchev–Trinajstić information content (AvgIpc) is 2.46. The van der Waals surface area contributed by atoms with E-state index in [1.807, 2.05) is 24.3 Å². The second-order valence-electron chi connectivity index (χ2n) is 4.22. The Balaban J connectivity index is 2.46. The molecule has 0 aliphatic heterocycles. The van der Waals surface area contributed by atoms with Crippen LogP contribution in [0.1, 0.15) is 12.5 Å². The molecule has 5 nitrogen and oxygen atoms in total. The van der Waals surface area contributed by atoms with Crippen molar-refractivity contribution in [2.75, 3.05) is 20.3 Å². The lowest BCUT2D eigenvalue weighted by Crippen LogP contribution is -2.37. The van der Waals surface area contributed by atoms with Crippen LogP contribution in [0, 0.1) is 0 Å². The Bertz CT molecular complexity index is 516. The van der Waals surface area contributed by atoms with Gasteiger partial charge in [0.25, 0.3) is 5.91 Å². The lowest BCUT2D eigenvalue weighted by atomic mass is 10.2. The molecule has 21 heavy (non-hydrogen) atoms. The minimum Gasteiger partial charge on any atom is -0.449 e. The molecule has 0 saturated heterocycles. The maximum Gasteiger partial charge on any atom is 0.331 e. The second kappa shape index (κ2) is 9.31. The summed E-state index contributed by atoms with van der Waals surface area (Å²) < 4.78 is 10.7. The van der Waals surface area contributed by atoms with Gasteiger partial charge >= 0.3 is 5.97 Å². The van der Waals surface area contributed by atoms with Crippen LogP contribution in [0.3, 0.4) is 0 Å². The molecular weight excluding hydrogens is 338 g/mol. The number of esters is 1. The van der Waals surface area contributed by atoms with E-state index in [0.29, 0.717) is 13.2 Å². The lowest BCUT2D eigenvalue weighted by molar-refractivity contribution is -0.150. The third kappa shape index (κ3) is 6.55. The number of carbonyl (C=O) groups excluding carboxylic acids is 2. The summed E-state index contributed by atoms with van der Waals surface area (Å²) in [5, 5.41) is 2.60. The molecule has 1 aromatic rings. The average molecular weight is 356 g/mol. The first-order chi connectivity index (χ1) is 10.0. The van der Waals surface area contributed by atoms with Crippen molar-refractivity contribution in [3.05, 3.63) is 40.4 Å². The van der Waals surface area contributed by atoms with Gasteiger partial charge < -0.3 is 14.8 Å². The number of halogens is 1. The Labute approximate surface area is 132 Å². The van der Waals surface area contributed by atoms with Gasteiger partial charge in [-0.1, -0.05) is 34.1 Å². The molecule has 0 aliphatic rings. The number of nitrogens with one attached hydrogen (secondary N) is 1.